The molecule has 131 heavy (non-hydrogen) atoms. The highest BCUT2D eigenvalue weighted by Gasteiger charge is 2.64. The highest BCUT2D eigenvalue weighted by Crippen LogP contribution is 2.54. The SMILES string of the molecule is C=C[C@@H]1CC1(NC(=O)[C@@H]1C[C@@H](OS(=O)(=O)c2ccc(Br)cc2)CN1C(=O)[C@@H](NC(=O)OC1C[C@@H]2C[C@@H]2C1)C(C)(C)C)C(=O)OC.C=C[C@@H]1CC1(NC(=O)[C@@H]1C[C@@H](Oc2cc(-c3csc(NC(C)C)n3)nc3c(Cl)c(OCCOC)ccc23)CN1C(=O)[C@@H](NC(=O)OC1C[C@@H]2C[C@@H]2C1)C(C)(C)C)C(=O)OC.COCCOc1ccc2c(=O)cc(-c3csc(NC(C)C)n3)[nH]c2c1Cl. The first-order chi connectivity index (χ1) is 62.1. The second kappa shape index (κ2) is 41.0. The molecule has 6 saturated carbocycles. The summed E-state index contributed by atoms with van der Waals surface area (Å²) in [6.45, 7) is 27.7. The van der Waals surface area contributed by atoms with Gasteiger partial charge in [-0.25, -0.2) is 34.1 Å². The van der Waals surface area contributed by atoms with Gasteiger partial charge in [0.2, 0.25) is 23.6 Å². The molecular weight excluding hydrogens is 1860 g/mol. The number of ether oxygens (including phenoxy) is 9. The number of carbonyl (C=O) groups is 8. The van der Waals surface area contributed by atoms with Crippen LogP contribution in [0.2, 0.25) is 10.0 Å². The van der Waals surface area contributed by atoms with Crippen molar-refractivity contribution in [3.63, 3.8) is 0 Å². The Balaban J connectivity index is 0.000000180. The number of thiazole rings is 2. The molecule has 16 atom stereocenters. The van der Waals surface area contributed by atoms with Crippen LogP contribution in [-0.2, 0) is 71.5 Å². The minimum Gasteiger partial charge on any atom is -0.490 e. The monoisotopic (exact) mass is 1970 g/mol. The van der Waals surface area contributed by atoms with E-state index >= 15 is 0 Å². The van der Waals surface area contributed by atoms with Gasteiger partial charge in [0.25, 0.3) is 10.1 Å². The number of hydrogen-bond donors (Lipinski definition) is 7. The third-order valence-corrected chi connectivity index (χ3v) is 28.8. The Morgan fingerprint density at radius 2 is 1.04 bits per heavy atom. The molecule has 4 aromatic heterocycles. The Morgan fingerprint density at radius 3 is 1.50 bits per heavy atom. The van der Waals surface area contributed by atoms with E-state index in [0.717, 1.165) is 42.4 Å². The van der Waals surface area contributed by atoms with Crippen LogP contribution < -0.4 is 51.5 Å². The topological polar surface area (TPSA) is 413 Å². The Bertz CT molecular complexity index is 5610. The zero-order valence-corrected chi connectivity index (χ0v) is 81.3. The Hall–Kier alpha value is -9.73. The van der Waals surface area contributed by atoms with Gasteiger partial charge < -0.3 is 89.3 Å². The van der Waals surface area contributed by atoms with E-state index in [1.165, 1.54) is 65.2 Å². The predicted molar refractivity (Wildman–Crippen MR) is 499 cm³/mol. The summed E-state index contributed by atoms with van der Waals surface area (Å²) in [5, 5.41) is 24.8. The van der Waals surface area contributed by atoms with Gasteiger partial charge in [0, 0.05) is 95.7 Å². The van der Waals surface area contributed by atoms with Gasteiger partial charge in [-0.15, -0.1) is 35.8 Å². The maximum atomic E-state index is 14.8. The minimum atomic E-state index is -4.26. The molecule has 15 rings (SSSR count). The number of methoxy groups -OCH3 is 4. The zero-order valence-electron chi connectivity index (χ0n) is 75.7. The van der Waals surface area contributed by atoms with Crippen molar-refractivity contribution in [2.45, 2.75) is 210 Å². The van der Waals surface area contributed by atoms with Gasteiger partial charge in [-0.3, -0.25) is 28.2 Å². The van der Waals surface area contributed by atoms with Crippen molar-refractivity contribution in [3.8, 4) is 40.0 Å². The summed E-state index contributed by atoms with van der Waals surface area (Å²) in [5.41, 5.74) is -1.02. The molecule has 708 valence electrons. The fourth-order valence-electron chi connectivity index (χ4n) is 17.4. The summed E-state index contributed by atoms with van der Waals surface area (Å²) in [5.74, 6) is -0.584. The van der Waals surface area contributed by atoms with Gasteiger partial charge >= 0.3 is 24.1 Å². The predicted octanol–water partition coefficient (Wildman–Crippen LogP) is 13.8. The lowest BCUT2D eigenvalue weighted by atomic mass is 9.85. The third-order valence-electron chi connectivity index (χ3n) is 24.7. The molecule has 0 radical (unpaired) electrons. The van der Waals surface area contributed by atoms with Crippen LogP contribution in [0.25, 0.3) is 44.6 Å². The molecule has 2 saturated heterocycles. The van der Waals surface area contributed by atoms with Crippen LogP contribution in [-0.4, -0.2) is 226 Å². The van der Waals surface area contributed by atoms with Crippen LogP contribution in [0, 0.1) is 46.3 Å². The van der Waals surface area contributed by atoms with Gasteiger partial charge in [0.05, 0.1) is 73.1 Å². The highest BCUT2D eigenvalue weighted by atomic mass is 79.9. The Labute approximate surface area is 787 Å². The van der Waals surface area contributed by atoms with E-state index in [1.807, 2.05) is 59.2 Å². The van der Waals surface area contributed by atoms with E-state index in [2.05, 4.69) is 71.0 Å². The quantitative estimate of drug-likeness (QED) is 0.00660. The molecule has 6 heterocycles. The van der Waals surface area contributed by atoms with E-state index in [-0.39, 0.29) is 90.4 Å². The number of benzene rings is 3. The number of hydrogen-bond acceptors (Lipinski definition) is 28. The van der Waals surface area contributed by atoms with Crippen molar-refractivity contribution in [1.82, 2.24) is 51.0 Å². The van der Waals surface area contributed by atoms with E-state index in [1.54, 1.807) is 95.7 Å². The van der Waals surface area contributed by atoms with E-state index in [4.69, 9.17) is 80.0 Å². The number of alkyl carbamates (subject to hydrolysis) is 2. The normalized spacial score (nSPS) is 24.7. The van der Waals surface area contributed by atoms with Crippen LogP contribution in [0.4, 0.5) is 19.9 Å². The first kappa shape index (κ1) is 98.8. The first-order valence-electron chi connectivity index (χ1n) is 43.8. The van der Waals surface area contributed by atoms with Crippen LogP contribution in [0.5, 0.6) is 17.2 Å². The lowest BCUT2D eigenvalue weighted by Crippen LogP contribution is -2.59. The summed E-state index contributed by atoms with van der Waals surface area (Å²) in [6.07, 6.45) is 5.61. The van der Waals surface area contributed by atoms with Crippen LogP contribution in [0.3, 0.4) is 0 Å². The molecule has 7 N–H and O–H groups in total. The van der Waals surface area contributed by atoms with Gasteiger partial charge in [-0.1, -0.05) is 92.8 Å². The standard InChI is InChI=1S/C43H55ClN6O9S.C31H40BrN3O9S.C18H20ClN3O3S/c1-9-25-19-43(25,39(53)56-8)49-37(51)31-17-27(20-50(31)38(52)36(42(4,5)6)48-41(54)59-26-15-23-14-24(23)16-26)58-33-18-29(30-21-60-40(47-30)45-22(2)3)46-35-28(33)10-11-32(34(35)44)57-13-12-55-7;1-6-19-15-31(19,28(38)42-5)34-26(36)24-14-22(44-45(40,41)23-9-7-20(32)8-10-23)16-35(24)27(37)25(30(2,3)4)33-29(39)43-21-12-17-11-18(17)13-21;1-10(2)20-18-22-13(9-26-18)12-8-14(23)11-4-5-15(25-7-6-24-3)16(19)17(11)21-12/h9-11,18,21-27,31,36H,1,12-17,19-20H2,2-8H3,(H,45,47)(H,48,54)(H,49,51);6-10,17-19,21-22,24-25H,1,11-16H2,2-5H3,(H,33,39)(H,34,36);4-5,8-10H,6-7H2,1-3H3,(H,20,22)(H,21,23)/t23-,24+,25-,26?,27-,31+,36-,43?;17-,18+,19-,21?,22-,24+,25-,31?;/m11./s1. The van der Waals surface area contributed by atoms with E-state index in [9.17, 15) is 51.6 Å². The number of halogens is 3. The lowest BCUT2D eigenvalue weighted by molar-refractivity contribution is -0.149. The Kier molecular flexibility index (Phi) is 30.9. The molecule has 2 aliphatic heterocycles. The number of aromatic nitrogens is 4. The number of pyridine rings is 2. The molecular formula is C92H115BrCl2N12O21S3. The number of carbonyl (C=O) groups excluding carboxylic acids is 8. The lowest BCUT2D eigenvalue weighted by Gasteiger charge is -2.35. The first-order valence-corrected chi connectivity index (χ1v) is 48.5. The molecule has 33 nitrogen and oxygen atoms in total. The smallest absolute Gasteiger partial charge is 0.408 e. The number of anilines is 2. The number of nitrogens with one attached hydrogen (secondary N) is 7. The van der Waals surface area contributed by atoms with Crippen molar-refractivity contribution in [2.75, 3.05) is 78.6 Å². The summed E-state index contributed by atoms with van der Waals surface area (Å²) >= 11 is 19.6. The Morgan fingerprint density at radius 1 is 0.580 bits per heavy atom. The van der Waals surface area contributed by atoms with Gasteiger partial charge in [-0.05, 0) is 162 Å². The number of nitrogens with zero attached hydrogens (tertiary/aromatic N) is 5. The molecule has 7 aromatic rings. The average molecular weight is 1970 g/mol. The number of H-pyrrole nitrogens is 1. The fraction of sp³-hybridized carbons (Fsp3) is 0.543. The molecule has 6 amide bonds. The maximum absolute atomic E-state index is 14.8. The van der Waals surface area contributed by atoms with Crippen LogP contribution >= 0.6 is 61.8 Å². The minimum absolute atomic E-state index is 0.0213. The number of amides is 6. The number of likely N-dealkylation sites (tertiary alicyclic amines) is 2. The number of rotatable bonds is 33. The third kappa shape index (κ3) is 23.2. The van der Waals surface area contributed by atoms with Crippen molar-refractivity contribution in [2.24, 2.45) is 46.3 Å². The van der Waals surface area contributed by atoms with Crippen molar-refractivity contribution < 1.29 is 93.6 Å². The van der Waals surface area contributed by atoms with E-state index in [0.29, 0.717) is 121 Å². The largest absolute Gasteiger partial charge is 0.490 e. The molecule has 4 unspecified atom stereocenters. The van der Waals surface area contributed by atoms with Crippen molar-refractivity contribution in [1.29, 1.82) is 0 Å². The van der Waals surface area contributed by atoms with Crippen LogP contribution in [0.1, 0.15) is 133 Å². The molecule has 39 heteroatoms. The average Bonchev–Trinajstić information content (AvgIpc) is 1.57. The summed E-state index contributed by atoms with van der Waals surface area (Å²) < 4.78 is 82.4. The number of aromatic amines is 1. The molecule has 0 spiro atoms. The highest BCUT2D eigenvalue weighted by molar-refractivity contribution is 9.10. The van der Waals surface area contributed by atoms with Gasteiger partial charge in [-0.2, -0.15) is 8.42 Å². The molecule has 8 aliphatic rings. The maximum Gasteiger partial charge on any atom is 0.408 e. The summed E-state index contributed by atoms with van der Waals surface area (Å²) in [4.78, 5) is 142. The molecule has 3 aromatic carbocycles. The summed E-state index contributed by atoms with van der Waals surface area (Å²) in [7, 11) is 1.40. The van der Waals surface area contributed by atoms with Crippen molar-refractivity contribution >= 4 is 152 Å². The second-order valence-corrected chi connectivity index (χ2v) is 42.2. The molecule has 0 bridgehead atoms. The molecule has 6 aliphatic carbocycles. The summed E-state index contributed by atoms with van der Waals surface area (Å²) in [6, 6.07) is 12.1. The van der Waals surface area contributed by atoms with Crippen LogP contribution in [0.15, 0.2) is 111 Å². The zero-order chi connectivity index (χ0) is 94.7. The van der Waals surface area contributed by atoms with E-state index < -0.39 is 116 Å². The van der Waals surface area contributed by atoms with Gasteiger partial charge in [0.1, 0.15) is 99.8 Å². The second-order valence-electron chi connectivity index (χ2n) is 37.2. The number of fused-ring (bicyclic) bond motifs is 4. The molecule has 8 fully saturated rings. The number of esters is 2. The fourth-order valence-corrected chi connectivity index (χ4v) is 21.0. The van der Waals surface area contributed by atoms with Crippen molar-refractivity contribution in [3.05, 3.63) is 121 Å². The van der Waals surface area contributed by atoms with Gasteiger partial charge in [0.15, 0.2) is 15.7 Å².